The van der Waals surface area contributed by atoms with Gasteiger partial charge in [-0.3, -0.25) is 4.79 Å². The average Bonchev–Trinajstić information content (AvgIpc) is 3.04. The summed E-state index contributed by atoms with van der Waals surface area (Å²) in [6.07, 6.45) is 3.24. The number of phenolic OH excluding ortho intramolecular Hbond substituents is 1. The van der Waals surface area contributed by atoms with Crippen LogP contribution < -0.4 is 5.73 Å². The van der Waals surface area contributed by atoms with Crippen LogP contribution in [0.1, 0.15) is 24.8 Å². The van der Waals surface area contributed by atoms with Crippen LogP contribution in [-0.2, 0) is 11.2 Å². The van der Waals surface area contributed by atoms with Gasteiger partial charge in [-0.05, 0) is 36.5 Å². The molecule has 0 spiro atoms. The molecule has 3 nitrogen and oxygen atoms in total. The van der Waals surface area contributed by atoms with Gasteiger partial charge in [0.1, 0.15) is 11.5 Å². The minimum absolute atomic E-state index is 0.0459. The van der Waals surface area contributed by atoms with E-state index >= 15 is 0 Å². The van der Waals surface area contributed by atoms with Crippen molar-refractivity contribution in [2.24, 2.45) is 11.7 Å². The van der Waals surface area contributed by atoms with Crippen molar-refractivity contribution in [2.45, 2.75) is 31.7 Å². The van der Waals surface area contributed by atoms with E-state index in [0.29, 0.717) is 18.8 Å². The number of carbonyl (C=O) groups excluding carboxylic acids is 1. The molecule has 0 heterocycles. The lowest BCUT2D eigenvalue weighted by molar-refractivity contribution is -0.118. The van der Waals surface area contributed by atoms with Gasteiger partial charge >= 0.3 is 0 Å². The van der Waals surface area contributed by atoms with Crippen molar-refractivity contribution in [3.8, 4) is 5.75 Å². The topological polar surface area (TPSA) is 63.3 Å². The van der Waals surface area contributed by atoms with Gasteiger partial charge < -0.3 is 10.8 Å². The Morgan fingerprint density at radius 2 is 2.00 bits per heavy atom. The van der Waals surface area contributed by atoms with Crippen LogP contribution in [0.25, 0.3) is 0 Å². The second kappa shape index (κ2) is 4.66. The molecule has 3 heteroatoms. The van der Waals surface area contributed by atoms with Crippen LogP contribution in [0.15, 0.2) is 24.3 Å². The Morgan fingerprint density at radius 3 is 2.56 bits per heavy atom. The van der Waals surface area contributed by atoms with Crippen molar-refractivity contribution in [1.82, 2.24) is 0 Å². The van der Waals surface area contributed by atoms with E-state index in [2.05, 4.69) is 0 Å². The van der Waals surface area contributed by atoms with E-state index in [1.54, 1.807) is 24.3 Å². The molecule has 2 rings (SSSR count). The first kappa shape index (κ1) is 11.1. The smallest absolute Gasteiger partial charge is 0.138 e. The zero-order chi connectivity index (χ0) is 11.5. The fourth-order valence-corrected chi connectivity index (χ4v) is 1.87. The molecule has 3 N–H and O–H groups in total. The molecule has 1 unspecified atom stereocenters. The number of hydrogen-bond acceptors (Lipinski definition) is 3. The van der Waals surface area contributed by atoms with E-state index in [-0.39, 0.29) is 17.6 Å². The van der Waals surface area contributed by atoms with Crippen LogP contribution in [-0.4, -0.2) is 16.9 Å². The largest absolute Gasteiger partial charge is 0.508 e. The quantitative estimate of drug-likeness (QED) is 0.791. The van der Waals surface area contributed by atoms with Gasteiger partial charge in [-0.15, -0.1) is 0 Å². The summed E-state index contributed by atoms with van der Waals surface area (Å²) in [5.74, 6) is 0.986. The molecular formula is C13H17NO2. The second-order valence-corrected chi connectivity index (χ2v) is 4.59. The lowest BCUT2D eigenvalue weighted by atomic mass is 10.0. The SMILES string of the molecule is NC(CC(=O)Cc1ccc(O)cc1)C1CC1. The van der Waals surface area contributed by atoms with Crippen LogP contribution in [0, 0.1) is 5.92 Å². The summed E-state index contributed by atoms with van der Waals surface area (Å²) >= 11 is 0. The maximum Gasteiger partial charge on any atom is 0.138 e. The van der Waals surface area contributed by atoms with Crippen LogP contribution in [0.4, 0.5) is 0 Å². The molecule has 1 atom stereocenters. The van der Waals surface area contributed by atoms with Crippen LogP contribution in [0.3, 0.4) is 0 Å². The number of phenols is 1. The molecule has 0 radical (unpaired) electrons. The lowest BCUT2D eigenvalue weighted by Gasteiger charge is -2.08. The number of rotatable bonds is 5. The first-order valence-electron chi connectivity index (χ1n) is 5.70. The van der Waals surface area contributed by atoms with Crippen LogP contribution in [0.5, 0.6) is 5.75 Å². The first-order valence-corrected chi connectivity index (χ1v) is 5.70. The minimum atomic E-state index is 0.0459. The highest BCUT2D eigenvalue weighted by Gasteiger charge is 2.29. The summed E-state index contributed by atoms with van der Waals surface area (Å²) in [4.78, 5) is 11.7. The summed E-state index contributed by atoms with van der Waals surface area (Å²) in [5, 5.41) is 9.11. The number of nitrogens with two attached hydrogens (primary N) is 1. The molecule has 1 aliphatic carbocycles. The third kappa shape index (κ3) is 3.07. The van der Waals surface area contributed by atoms with Gasteiger partial charge in [0.2, 0.25) is 0 Å². The number of carbonyl (C=O) groups is 1. The Balaban J connectivity index is 1.84. The van der Waals surface area contributed by atoms with Gasteiger partial charge in [0, 0.05) is 18.9 Å². The molecule has 0 aliphatic heterocycles. The highest BCUT2D eigenvalue weighted by Crippen LogP contribution is 2.32. The van der Waals surface area contributed by atoms with E-state index < -0.39 is 0 Å². The van der Waals surface area contributed by atoms with Crippen molar-refractivity contribution >= 4 is 5.78 Å². The summed E-state index contributed by atoms with van der Waals surface area (Å²) in [6, 6.07) is 6.79. The fraction of sp³-hybridized carbons (Fsp3) is 0.462. The summed E-state index contributed by atoms with van der Waals surface area (Å²) in [6.45, 7) is 0. The number of aromatic hydroxyl groups is 1. The maximum absolute atomic E-state index is 11.7. The number of benzene rings is 1. The summed E-state index contributed by atoms with van der Waals surface area (Å²) in [7, 11) is 0. The van der Waals surface area contributed by atoms with Gasteiger partial charge in [0.15, 0.2) is 0 Å². The van der Waals surface area contributed by atoms with Gasteiger partial charge in [-0.1, -0.05) is 12.1 Å². The van der Waals surface area contributed by atoms with Gasteiger partial charge in [-0.25, -0.2) is 0 Å². The summed E-state index contributed by atoms with van der Waals surface area (Å²) < 4.78 is 0. The molecule has 0 saturated heterocycles. The molecule has 1 fully saturated rings. The molecule has 1 aromatic rings. The van der Waals surface area contributed by atoms with Crippen molar-refractivity contribution in [3.05, 3.63) is 29.8 Å². The van der Waals surface area contributed by atoms with E-state index in [1.165, 1.54) is 12.8 Å². The molecular weight excluding hydrogens is 202 g/mol. The highest BCUT2D eigenvalue weighted by atomic mass is 16.3. The zero-order valence-electron chi connectivity index (χ0n) is 9.23. The molecule has 16 heavy (non-hydrogen) atoms. The van der Waals surface area contributed by atoms with E-state index in [0.717, 1.165) is 5.56 Å². The third-order valence-corrected chi connectivity index (χ3v) is 3.03. The van der Waals surface area contributed by atoms with Crippen molar-refractivity contribution in [3.63, 3.8) is 0 Å². The Hall–Kier alpha value is -1.35. The van der Waals surface area contributed by atoms with Crippen LogP contribution >= 0.6 is 0 Å². The number of ketones is 1. The van der Waals surface area contributed by atoms with Gasteiger partial charge in [0.05, 0.1) is 0 Å². The minimum Gasteiger partial charge on any atom is -0.508 e. The Kier molecular flexibility index (Phi) is 3.25. The highest BCUT2D eigenvalue weighted by molar-refractivity contribution is 5.81. The predicted octanol–water partition coefficient (Wildman–Crippen LogP) is 1.63. The Morgan fingerprint density at radius 1 is 1.38 bits per heavy atom. The zero-order valence-corrected chi connectivity index (χ0v) is 9.23. The third-order valence-electron chi connectivity index (χ3n) is 3.03. The monoisotopic (exact) mass is 219 g/mol. The van der Waals surface area contributed by atoms with Gasteiger partial charge in [-0.2, -0.15) is 0 Å². The first-order chi connectivity index (χ1) is 7.65. The molecule has 1 aromatic carbocycles. The number of hydrogen-bond donors (Lipinski definition) is 2. The van der Waals surface area contributed by atoms with E-state index in [9.17, 15) is 4.79 Å². The summed E-state index contributed by atoms with van der Waals surface area (Å²) in [5.41, 5.74) is 6.83. The standard InChI is InChI=1S/C13H17NO2/c14-13(10-3-4-10)8-12(16)7-9-1-5-11(15)6-2-9/h1-2,5-6,10,13,15H,3-4,7-8,14H2. The molecule has 0 amide bonds. The molecule has 0 aromatic heterocycles. The van der Waals surface area contributed by atoms with Crippen molar-refractivity contribution in [1.29, 1.82) is 0 Å². The lowest BCUT2D eigenvalue weighted by Crippen LogP contribution is -2.26. The van der Waals surface area contributed by atoms with Crippen molar-refractivity contribution < 1.29 is 9.90 Å². The second-order valence-electron chi connectivity index (χ2n) is 4.59. The maximum atomic E-state index is 11.7. The average molecular weight is 219 g/mol. The van der Waals surface area contributed by atoms with Crippen LogP contribution in [0.2, 0.25) is 0 Å². The Labute approximate surface area is 95.3 Å². The van der Waals surface area contributed by atoms with E-state index in [4.69, 9.17) is 10.8 Å². The van der Waals surface area contributed by atoms with Crippen molar-refractivity contribution in [2.75, 3.05) is 0 Å². The molecule has 1 aliphatic rings. The Bertz CT molecular complexity index is 368. The molecule has 86 valence electrons. The molecule has 1 saturated carbocycles. The van der Waals surface area contributed by atoms with Gasteiger partial charge in [0.25, 0.3) is 0 Å². The fourth-order valence-electron chi connectivity index (χ4n) is 1.87. The molecule has 0 bridgehead atoms. The normalized spacial score (nSPS) is 17.1. The number of Topliss-reactive ketones (excluding diaryl/α,β-unsaturated/α-hetero) is 1. The predicted molar refractivity (Wildman–Crippen MR) is 62.1 cm³/mol. The van der Waals surface area contributed by atoms with E-state index in [1.807, 2.05) is 0 Å².